The topological polar surface area (TPSA) is 29.5 Å². The van der Waals surface area contributed by atoms with Gasteiger partial charge >= 0.3 is 0 Å². The molecule has 0 saturated carbocycles. The van der Waals surface area contributed by atoms with Crippen LogP contribution in [-0.2, 0) is 10.3 Å². The smallest absolute Gasteiger partial charge is 0.0962 e. The fourth-order valence-corrected chi connectivity index (χ4v) is 3.60. The van der Waals surface area contributed by atoms with Crippen molar-refractivity contribution in [1.82, 2.24) is 0 Å². The Balaban J connectivity index is 1.83. The zero-order valence-electron chi connectivity index (χ0n) is 10.7. The molecule has 2 heterocycles. The zero-order valence-corrected chi connectivity index (χ0v) is 11.6. The molecular formula is C14H22O2S. The number of ether oxygens (including phenoxy) is 1. The van der Waals surface area contributed by atoms with Gasteiger partial charge in [0.25, 0.3) is 0 Å². The summed E-state index contributed by atoms with van der Waals surface area (Å²) in [4.78, 5) is 1.12. The molecule has 2 rings (SSSR count). The Morgan fingerprint density at radius 2 is 2.41 bits per heavy atom. The van der Waals surface area contributed by atoms with Crippen LogP contribution in [0.1, 0.15) is 49.5 Å². The Kier molecular flexibility index (Phi) is 4.23. The van der Waals surface area contributed by atoms with Gasteiger partial charge in [-0.3, -0.25) is 0 Å². The van der Waals surface area contributed by atoms with Crippen molar-refractivity contribution in [3.05, 3.63) is 21.9 Å². The normalized spacial score (nSPS) is 23.8. The van der Waals surface area contributed by atoms with Crippen molar-refractivity contribution < 1.29 is 9.84 Å². The Labute approximate surface area is 108 Å². The van der Waals surface area contributed by atoms with E-state index in [-0.39, 0.29) is 0 Å². The Hall–Kier alpha value is -0.380. The van der Waals surface area contributed by atoms with Crippen LogP contribution in [0, 0.1) is 6.92 Å². The minimum Gasteiger partial charge on any atom is -0.385 e. The molecule has 1 N–H and O–H groups in total. The third-order valence-corrected chi connectivity index (χ3v) is 4.83. The van der Waals surface area contributed by atoms with Gasteiger partial charge in [0.2, 0.25) is 0 Å². The van der Waals surface area contributed by atoms with Crippen LogP contribution in [0.5, 0.6) is 0 Å². The van der Waals surface area contributed by atoms with Crippen LogP contribution < -0.4 is 0 Å². The van der Waals surface area contributed by atoms with Crippen molar-refractivity contribution >= 4 is 11.3 Å². The summed E-state index contributed by atoms with van der Waals surface area (Å²) >= 11 is 1.66. The van der Waals surface area contributed by atoms with Gasteiger partial charge in [0.15, 0.2) is 0 Å². The molecule has 0 aromatic carbocycles. The molecular weight excluding hydrogens is 232 g/mol. The molecule has 2 nitrogen and oxygen atoms in total. The maximum Gasteiger partial charge on any atom is 0.0962 e. The van der Waals surface area contributed by atoms with Gasteiger partial charge in [-0.05, 0) is 63.0 Å². The molecule has 0 aliphatic carbocycles. The number of rotatable bonds is 5. The highest BCUT2D eigenvalue weighted by molar-refractivity contribution is 7.10. The Morgan fingerprint density at radius 1 is 1.59 bits per heavy atom. The monoisotopic (exact) mass is 254 g/mol. The second kappa shape index (κ2) is 5.51. The van der Waals surface area contributed by atoms with Gasteiger partial charge in [0.05, 0.1) is 11.7 Å². The van der Waals surface area contributed by atoms with Crippen LogP contribution in [0.15, 0.2) is 11.4 Å². The zero-order chi connectivity index (χ0) is 12.3. The fraction of sp³-hybridized carbons (Fsp3) is 0.714. The van der Waals surface area contributed by atoms with Gasteiger partial charge in [-0.25, -0.2) is 0 Å². The number of thiophene rings is 1. The second-order valence-corrected chi connectivity index (χ2v) is 6.15. The highest BCUT2D eigenvalue weighted by Gasteiger charge is 2.26. The first-order valence-corrected chi connectivity index (χ1v) is 7.36. The van der Waals surface area contributed by atoms with Crippen LogP contribution in [-0.4, -0.2) is 17.8 Å². The third-order valence-electron chi connectivity index (χ3n) is 3.56. The molecule has 0 radical (unpaired) electrons. The van der Waals surface area contributed by atoms with Crippen LogP contribution in [0.25, 0.3) is 0 Å². The molecule has 0 spiro atoms. The first-order chi connectivity index (χ1) is 8.09. The maximum absolute atomic E-state index is 10.5. The summed E-state index contributed by atoms with van der Waals surface area (Å²) in [6.07, 6.45) is 5.78. The van der Waals surface area contributed by atoms with Crippen LogP contribution in [0.3, 0.4) is 0 Å². The molecule has 2 unspecified atom stereocenters. The van der Waals surface area contributed by atoms with Crippen molar-refractivity contribution in [2.45, 2.75) is 57.7 Å². The first kappa shape index (κ1) is 13.1. The third kappa shape index (κ3) is 3.30. The molecule has 1 aliphatic rings. The van der Waals surface area contributed by atoms with E-state index in [9.17, 15) is 5.11 Å². The van der Waals surface area contributed by atoms with Crippen LogP contribution >= 0.6 is 11.3 Å². The lowest BCUT2D eigenvalue weighted by atomic mass is 9.94. The van der Waals surface area contributed by atoms with Crippen molar-refractivity contribution in [2.24, 2.45) is 0 Å². The average molecular weight is 254 g/mol. The highest BCUT2D eigenvalue weighted by Crippen LogP contribution is 2.33. The minimum absolute atomic E-state index is 0.440. The summed E-state index contributed by atoms with van der Waals surface area (Å²) in [7, 11) is 0. The van der Waals surface area contributed by atoms with E-state index >= 15 is 0 Å². The predicted molar refractivity (Wildman–Crippen MR) is 71.5 cm³/mol. The standard InChI is InChI=1S/C14H22O2S/c1-11-7-10-17-13(11)14(2,15)8-3-5-12-6-4-9-16-12/h7,10,12,15H,3-6,8-9H2,1-2H3. The molecule has 3 heteroatoms. The molecule has 0 bridgehead atoms. The Morgan fingerprint density at radius 3 is 3.00 bits per heavy atom. The molecule has 1 saturated heterocycles. The van der Waals surface area contributed by atoms with Crippen molar-refractivity contribution in [3.8, 4) is 0 Å². The van der Waals surface area contributed by atoms with E-state index in [1.807, 2.05) is 6.92 Å². The maximum atomic E-state index is 10.5. The lowest BCUT2D eigenvalue weighted by Gasteiger charge is -2.23. The van der Waals surface area contributed by atoms with E-state index in [1.54, 1.807) is 11.3 Å². The van der Waals surface area contributed by atoms with E-state index < -0.39 is 5.60 Å². The van der Waals surface area contributed by atoms with Gasteiger partial charge in [0, 0.05) is 11.5 Å². The van der Waals surface area contributed by atoms with Gasteiger partial charge in [0.1, 0.15) is 0 Å². The predicted octanol–water partition coefficient (Wildman–Crippen LogP) is 3.61. The molecule has 17 heavy (non-hydrogen) atoms. The molecule has 1 fully saturated rings. The number of aryl methyl sites for hydroxylation is 1. The van der Waals surface area contributed by atoms with Gasteiger partial charge in [-0.2, -0.15) is 0 Å². The minimum atomic E-state index is -0.670. The largest absolute Gasteiger partial charge is 0.385 e. The second-order valence-electron chi connectivity index (χ2n) is 5.23. The molecule has 1 aromatic rings. The lowest BCUT2D eigenvalue weighted by molar-refractivity contribution is 0.0399. The quantitative estimate of drug-likeness (QED) is 0.869. The van der Waals surface area contributed by atoms with Gasteiger partial charge in [-0.1, -0.05) is 0 Å². The highest BCUT2D eigenvalue weighted by atomic mass is 32.1. The summed E-state index contributed by atoms with van der Waals surface area (Å²) in [5.41, 5.74) is 0.536. The Bertz CT molecular complexity index is 351. The summed E-state index contributed by atoms with van der Waals surface area (Å²) in [6.45, 7) is 4.92. The van der Waals surface area contributed by atoms with Crippen LogP contribution in [0.2, 0.25) is 0 Å². The summed E-state index contributed by atoms with van der Waals surface area (Å²) in [5.74, 6) is 0. The summed E-state index contributed by atoms with van der Waals surface area (Å²) in [6, 6.07) is 2.08. The first-order valence-electron chi connectivity index (χ1n) is 6.48. The number of aliphatic hydroxyl groups is 1. The molecule has 0 amide bonds. The fourth-order valence-electron chi connectivity index (χ4n) is 2.58. The van der Waals surface area contributed by atoms with Crippen molar-refractivity contribution in [3.63, 3.8) is 0 Å². The van der Waals surface area contributed by atoms with E-state index in [2.05, 4.69) is 18.4 Å². The SMILES string of the molecule is Cc1ccsc1C(C)(O)CCCC1CCCO1. The van der Waals surface area contributed by atoms with E-state index in [1.165, 1.54) is 18.4 Å². The summed E-state index contributed by atoms with van der Waals surface area (Å²) in [5, 5.41) is 12.6. The molecule has 1 aromatic heterocycles. The van der Waals surface area contributed by atoms with Gasteiger partial charge in [-0.15, -0.1) is 11.3 Å². The van der Waals surface area contributed by atoms with E-state index in [4.69, 9.17) is 4.74 Å². The van der Waals surface area contributed by atoms with E-state index in [0.717, 1.165) is 30.7 Å². The van der Waals surface area contributed by atoms with Gasteiger partial charge < -0.3 is 9.84 Å². The summed E-state index contributed by atoms with van der Waals surface area (Å²) < 4.78 is 5.60. The van der Waals surface area contributed by atoms with E-state index in [0.29, 0.717) is 6.10 Å². The van der Waals surface area contributed by atoms with Crippen molar-refractivity contribution in [1.29, 1.82) is 0 Å². The lowest BCUT2D eigenvalue weighted by Crippen LogP contribution is -2.21. The number of hydrogen-bond acceptors (Lipinski definition) is 3. The molecule has 2 atom stereocenters. The molecule has 96 valence electrons. The van der Waals surface area contributed by atoms with Crippen LogP contribution in [0.4, 0.5) is 0 Å². The van der Waals surface area contributed by atoms with Crippen molar-refractivity contribution in [2.75, 3.05) is 6.61 Å². The molecule has 1 aliphatic heterocycles. The number of hydrogen-bond donors (Lipinski definition) is 1. The average Bonchev–Trinajstić information content (AvgIpc) is 2.88.